The number of ketones is 1. The van der Waals surface area contributed by atoms with Gasteiger partial charge in [0.25, 0.3) is 0 Å². The van der Waals surface area contributed by atoms with Crippen molar-refractivity contribution in [3.63, 3.8) is 0 Å². The molecule has 0 radical (unpaired) electrons. The van der Waals surface area contributed by atoms with Crippen LogP contribution >= 0.6 is 0 Å². The molecule has 2 aliphatic carbocycles. The Bertz CT molecular complexity index is 336. The van der Waals surface area contributed by atoms with Gasteiger partial charge in [-0.25, -0.2) is 0 Å². The van der Waals surface area contributed by atoms with Crippen LogP contribution in [0.4, 0.5) is 0 Å². The van der Waals surface area contributed by atoms with E-state index in [-0.39, 0.29) is 17.3 Å². The molecule has 3 heteroatoms. The number of esters is 1. The standard InChI is InChI=1S/C14H22O3/c1-4-17-13(16)8-14(3)7-10-5-11(14)6-12(15)9(10)2/h9-11H,4-8H2,1-3H3/t9-,10+,11+,14-/m0/s1. The fourth-order valence-electron chi connectivity index (χ4n) is 3.66. The van der Waals surface area contributed by atoms with E-state index in [0.29, 0.717) is 37.1 Å². The lowest BCUT2D eigenvalue weighted by molar-refractivity contribution is -0.146. The number of hydrogen-bond donors (Lipinski definition) is 0. The van der Waals surface area contributed by atoms with Crippen LogP contribution in [0.2, 0.25) is 0 Å². The third-order valence-corrected chi connectivity index (χ3v) is 4.82. The Kier molecular flexibility index (Phi) is 3.28. The molecular weight excluding hydrogens is 216 g/mol. The lowest BCUT2D eigenvalue weighted by Crippen LogP contribution is -2.29. The zero-order valence-corrected chi connectivity index (χ0v) is 11.0. The van der Waals surface area contributed by atoms with Gasteiger partial charge < -0.3 is 4.74 Å². The second-order valence-electron chi connectivity index (χ2n) is 5.99. The Balaban J connectivity index is 2.07. The molecule has 0 amide bonds. The summed E-state index contributed by atoms with van der Waals surface area (Å²) in [4.78, 5) is 23.5. The van der Waals surface area contributed by atoms with Gasteiger partial charge in [0.05, 0.1) is 13.0 Å². The second-order valence-corrected chi connectivity index (χ2v) is 5.99. The minimum absolute atomic E-state index is 0.0165. The molecule has 3 nitrogen and oxygen atoms in total. The third kappa shape index (κ3) is 2.24. The molecule has 0 N–H and O–H groups in total. The van der Waals surface area contributed by atoms with Gasteiger partial charge in [0.15, 0.2) is 0 Å². The van der Waals surface area contributed by atoms with E-state index in [4.69, 9.17) is 4.74 Å². The van der Waals surface area contributed by atoms with Gasteiger partial charge in [0, 0.05) is 12.3 Å². The highest BCUT2D eigenvalue weighted by atomic mass is 16.5. The van der Waals surface area contributed by atoms with E-state index < -0.39 is 0 Å². The van der Waals surface area contributed by atoms with Gasteiger partial charge in [0.2, 0.25) is 0 Å². The van der Waals surface area contributed by atoms with Crippen molar-refractivity contribution in [1.82, 2.24) is 0 Å². The lowest BCUT2D eigenvalue weighted by Gasteiger charge is -2.30. The van der Waals surface area contributed by atoms with Crippen LogP contribution < -0.4 is 0 Å². The molecule has 0 heterocycles. The van der Waals surface area contributed by atoms with Crippen LogP contribution in [0.5, 0.6) is 0 Å². The Hall–Kier alpha value is -0.860. The first-order valence-corrected chi connectivity index (χ1v) is 6.64. The maximum absolute atomic E-state index is 11.8. The SMILES string of the molecule is CCOC(=O)C[C@]1(C)C[C@H]2C[C@@H]1CC(=O)[C@H]2C. The van der Waals surface area contributed by atoms with Crippen molar-refractivity contribution < 1.29 is 14.3 Å². The van der Waals surface area contributed by atoms with Crippen LogP contribution in [0, 0.1) is 23.2 Å². The summed E-state index contributed by atoms with van der Waals surface area (Å²) in [5, 5.41) is 0. The van der Waals surface area contributed by atoms with E-state index in [1.807, 2.05) is 13.8 Å². The number of Topliss-reactive ketones (excluding diaryl/α,β-unsaturated/α-hetero) is 1. The average Bonchev–Trinajstić information content (AvgIpc) is 2.50. The molecule has 0 spiro atoms. The summed E-state index contributed by atoms with van der Waals surface area (Å²) < 4.78 is 5.05. The van der Waals surface area contributed by atoms with Gasteiger partial charge in [-0.3, -0.25) is 9.59 Å². The quantitative estimate of drug-likeness (QED) is 0.710. The minimum atomic E-state index is -0.109. The average molecular weight is 238 g/mol. The molecule has 0 unspecified atom stereocenters. The Morgan fingerprint density at radius 3 is 2.88 bits per heavy atom. The van der Waals surface area contributed by atoms with Crippen LogP contribution in [-0.4, -0.2) is 18.4 Å². The van der Waals surface area contributed by atoms with Gasteiger partial charge in [-0.2, -0.15) is 0 Å². The summed E-state index contributed by atoms with van der Waals surface area (Å²) in [7, 11) is 0. The van der Waals surface area contributed by atoms with Crippen molar-refractivity contribution in [3.8, 4) is 0 Å². The smallest absolute Gasteiger partial charge is 0.306 e. The molecule has 17 heavy (non-hydrogen) atoms. The number of rotatable bonds is 3. The van der Waals surface area contributed by atoms with Crippen molar-refractivity contribution in [3.05, 3.63) is 0 Å². The predicted molar refractivity (Wildman–Crippen MR) is 64.4 cm³/mol. The normalized spacial score (nSPS) is 40.4. The summed E-state index contributed by atoms with van der Waals surface area (Å²) in [6, 6.07) is 0. The van der Waals surface area contributed by atoms with Crippen LogP contribution in [0.1, 0.15) is 46.5 Å². The van der Waals surface area contributed by atoms with E-state index in [0.717, 1.165) is 12.8 Å². The zero-order valence-electron chi connectivity index (χ0n) is 11.0. The molecule has 0 aliphatic heterocycles. The summed E-state index contributed by atoms with van der Waals surface area (Å²) in [6.07, 6.45) is 3.25. The second kappa shape index (κ2) is 4.43. The number of fused-ring (bicyclic) bond motifs is 2. The number of hydrogen-bond acceptors (Lipinski definition) is 3. The summed E-state index contributed by atoms with van der Waals surface area (Å²) in [6.45, 7) is 6.47. The molecule has 2 bridgehead atoms. The molecule has 0 saturated heterocycles. The van der Waals surface area contributed by atoms with Crippen LogP contribution in [0.3, 0.4) is 0 Å². The van der Waals surface area contributed by atoms with Crippen LogP contribution in [0.15, 0.2) is 0 Å². The molecular formula is C14H22O3. The number of ether oxygens (including phenoxy) is 1. The third-order valence-electron chi connectivity index (χ3n) is 4.82. The van der Waals surface area contributed by atoms with E-state index >= 15 is 0 Å². The number of carbonyl (C=O) groups excluding carboxylic acids is 2. The largest absolute Gasteiger partial charge is 0.466 e. The Morgan fingerprint density at radius 2 is 2.24 bits per heavy atom. The molecule has 2 rings (SSSR count). The highest BCUT2D eigenvalue weighted by Crippen LogP contribution is 2.55. The first kappa shape index (κ1) is 12.6. The first-order chi connectivity index (χ1) is 7.96. The van der Waals surface area contributed by atoms with Gasteiger partial charge >= 0.3 is 5.97 Å². The van der Waals surface area contributed by atoms with Crippen molar-refractivity contribution in [1.29, 1.82) is 0 Å². The summed E-state index contributed by atoms with van der Waals surface area (Å²) in [5.41, 5.74) is -0.0165. The predicted octanol–water partition coefficient (Wildman–Crippen LogP) is 2.58. The maximum atomic E-state index is 11.8. The van der Waals surface area contributed by atoms with E-state index in [2.05, 4.69) is 6.92 Å². The Labute approximate surface area is 103 Å². The van der Waals surface area contributed by atoms with E-state index in [1.54, 1.807) is 0 Å². The van der Waals surface area contributed by atoms with Crippen LogP contribution in [-0.2, 0) is 14.3 Å². The fraction of sp³-hybridized carbons (Fsp3) is 0.857. The molecule has 96 valence electrons. The summed E-state index contributed by atoms with van der Waals surface area (Å²) >= 11 is 0. The fourth-order valence-corrected chi connectivity index (χ4v) is 3.66. The number of carbonyl (C=O) groups is 2. The van der Waals surface area contributed by atoms with Crippen molar-refractivity contribution in [2.24, 2.45) is 23.2 Å². The topological polar surface area (TPSA) is 43.4 Å². The molecule has 0 aromatic heterocycles. The molecule has 0 aromatic rings. The van der Waals surface area contributed by atoms with Crippen molar-refractivity contribution in [2.75, 3.05) is 6.61 Å². The van der Waals surface area contributed by atoms with Crippen LogP contribution in [0.25, 0.3) is 0 Å². The van der Waals surface area contributed by atoms with Gasteiger partial charge in [-0.05, 0) is 37.0 Å². The van der Waals surface area contributed by atoms with Gasteiger partial charge in [0.1, 0.15) is 5.78 Å². The lowest BCUT2D eigenvalue weighted by atomic mass is 9.74. The maximum Gasteiger partial charge on any atom is 0.306 e. The van der Waals surface area contributed by atoms with Gasteiger partial charge in [-0.15, -0.1) is 0 Å². The summed E-state index contributed by atoms with van der Waals surface area (Å²) in [5.74, 6) is 1.35. The molecule has 2 aliphatic rings. The van der Waals surface area contributed by atoms with E-state index in [9.17, 15) is 9.59 Å². The monoisotopic (exact) mass is 238 g/mol. The Morgan fingerprint density at radius 1 is 1.53 bits per heavy atom. The molecule has 2 saturated carbocycles. The minimum Gasteiger partial charge on any atom is -0.466 e. The molecule has 0 aromatic carbocycles. The highest BCUT2D eigenvalue weighted by Gasteiger charge is 2.51. The zero-order chi connectivity index (χ0) is 12.6. The highest BCUT2D eigenvalue weighted by molar-refractivity contribution is 5.82. The molecule has 4 atom stereocenters. The van der Waals surface area contributed by atoms with Crippen molar-refractivity contribution in [2.45, 2.75) is 46.5 Å². The first-order valence-electron chi connectivity index (χ1n) is 6.64. The molecule has 2 fully saturated rings. The van der Waals surface area contributed by atoms with Gasteiger partial charge in [-0.1, -0.05) is 13.8 Å². The van der Waals surface area contributed by atoms with Crippen molar-refractivity contribution >= 4 is 11.8 Å². The van der Waals surface area contributed by atoms with E-state index in [1.165, 1.54) is 0 Å².